The number of methoxy groups -OCH3 is 2. The molecule has 170 valence electrons. The van der Waals surface area contributed by atoms with Gasteiger partial charge in [0.25, 0.3) is 0 Å². The lowest BCUT2D eigenvalue weighted by molar-refractivity contribution is -0.483. The Bertz CT molecular complexity index is 924. The summed E-state index contributed by atoms with van der Waals surface area (Å²) in [6.07, 6.45) is 0.499. The highest BCUT2D eigenvalue weighted by atomic mass is 35.5. The Morgan fingerprint density at radius 1 is 1.00 bits per heavy atom. The highest BCUT2D eigenvalue weighted by Crippen LogP contribution is 2.37. The van der Waals surface area contributed by atoms with Crippen LogP contribution < -0.4 is 21.9 Å². The Morgan fingerprint density at radius 2 is 1.61 bits per heavy atom. The molecule has 0 bridgehead atoms. The van der Waals surface area contributed by atoms with E-state index in [9.17, 15) is 13.2 Å². The molecule has 2 aromatic rings. The number of halogens is 4. The van der Waals surface area contributed by atoms with Crippen LogP contribution >= 0.6 is 0 Å². The second-order valence-electron chi connectivity index (χ2n) is 7.74. The van der Waals surface area contributed by atoms with Crippen molar-refractivity contribution in [2.45, 2.75) is 58.2 Å². The molecule has 0 saturated heterocycles. The van der Waals surface area contributed by atoms with Crippen molar-refractivity contribution in [2.24, 2.45) is 0 Å². The summed E-state index contributed by atoms with van der Waals surface area (Å²) in [6, 6.07) is 9.61. The van der Waals surface area contributed by atoms with E-state index in [-0.39, 0.29) is 18.4 Å². The number of hydrogen-bond donors (Lipinski definition) is 0. The SMILES string of the molecule is CCCCCC1=[N+](c2ccc(C(F)(F)F)cc2)C(C)Cc2cc(OC)c(OC)cc21.[Cl-]. The molecule has 3 rings (SSSR count). The van der Waals surface area contributed by atoms with Crippen molar-refractivity contribution in [3.8, 4) is 11.5 Å². The van der Waals surface area contributed by atoms with E-state index < -0.39 is 11.7 Å². The topological polar surface area (TPSA) is 21.5 Å². The second-order valence-corrected chi connectivity index (χ2v) is 7.74. The third kappa shape index (κ3) is 5.35. The third-order valence-corrected chi connectivity index (χ3v) is 5.66. The van der Waals surface area contributed by atoms with Gasteiger partial charge in [0.1, 0.15) is 0 Å². The van der Waals surface area contributed by atoms with Crippen LogP contribution in [0.3, 0.4) is 0 Å². The number of hydrogen-bond acceptors (Lipinski definition) is 2. The van der Waals surface area contributed by atoms with E-state index in [0.717, 1.165) is 61.2 Å². The Morgan fingerprint density at radius 3 is 2.16 bits per heavy atom. The third-order valence-electron chi connectivity index (χ3n) is 5.66. The molecule has 7 heteroatoms. The molecule has 1 aliphatic heterocycles. The summed E-state index contributed by atoms with van der Waals surface area (Å²) in [5.41, 5.74) is 3.53. The van der Waals surface area contributed by atoms with Gasteiger partial charge in [0.15, 0.2) is 23.3 Å². The fourth-order valence-corrected chi connectivity index (χ4v) is 4.18. The normalized spacial score (nSPS) is 15.9. The van der Waals surface area contributed by atoms with E-state index in [1.807, 2.05) is 12.1 Å². The molecule has 0 aliphatic carbocycles. The molecule has 0 aromatic heterocycles. The minimum atomic E-state index is -4.34. The second kappa shape index (κ2) is 10.4. The predicted octanol–water partition coefficient (Wildman–Crippen LogP) is 3.38. The van der Waals surface area contributed by atoms with Crippen molar-refractivity contribution < 1.29 is 39.6 Å². The van der Waals surface area contributed by atoms with Crippen molar-refractivity contribution in [3.05, 3.63) is 53.1 Å². The van der Waals surface area contributed by atoms with Gasteiger partial charge >= 0.3 is 6.18 Å². The molecule has 0 spiro atoms. The lowest BCUT2D eigenvalue weighted by Crippen LogP contribution is -3.00. The number of ether oxygens (including phenoxy) is 2. The Kier molecular flexibility index (Phi) is 8.41. The number of nitrogens with zero attached hydrogens (tertiary/aromatic N) is 1. The fraction of sp³-hybridized carbons (Fsp3) is 0.458. The van der Waals surface area contributed by atoms with Crippen LogP contribution in [0.4, 0.5) is 18.9 Å². The molecule has 0 amide bonds. The van der Waals surface area contributed by atoms with Crippen molar-refractivity contribution in [1.29, 1.82) is 0 Å². The zero-order valence-electron chi connectivity index (χ0n) is 18.4. The summed E-state index contributed by atoms with van der Waals surface area (Å²) in [7, 11) is 3.23. The number of fused-ring (bicyclic) bond motifs is 1. The molecule has 1 atom stereocenters. The van der Waals surface area contributed by atoms with E-state index in [2.05, 4.69) is 18.4 Å². The van der Waals surface area contributed by atoms with Gasteiger partial charge in [-0.1, -0.05) is 19.8 Å². The summed E-state index contributed by atoms with van der Waals surface area (Å²) in [4.78, 5) is 0. The summed E-state index contributed by atoms with van der Waals surface area (Å²) >= 11 is 0. The highest BCUT2D eigenvalue weighted by molar-refractivity contribution is 6.00. The first-order valence-corrected chi connectivity index (χ1v) is 10.4. The van der Waals surface area contributed by atoms with Crippen molar-refractivity contribution in [2.75, 3.05) is 14.2 Å². The maximum absolute atomic E-state index is 13.0. The Balaban J connectivity index is 0.00000341. The minimum absolute atomic E-state index is 0. The van der Waals surface area contributed by atoms with Gasteiger partial charge in [0.05, 0.1) is 19.8 Å². The maximum atomic E-state index is 13.0. The van der Waals surface area contributed by atoms with E-state index in [0.29, 0.717) is 11.5 Å². The molecule has 1 heterocycles. The monoisotopic (exact) mass is 455 g/mol. The molecule has 31 heavy (non-hydrogen) atoms. The van der Waals surface area contributed by atoms with Crippen molar-refractivity contribution >= 4 is 11.4 Å². The number of unbranched alkanes of at least 4 members (excludes halogenated alkanes) is 2. The first-order chi connectivity index (χ1) is 14.3. The van der Waals surface area contributed by atoms with Gasteiger partial charge in [-0.05, 0) is 43.2 Å². The predicted molar refractivity (Wildman–Crippen MR) is 112 cm³/mol. The number of benzene rings is 2. The molecule has 0 saturated carbocycles. The first kappa shape index (κ1) is 25.1. The Hall–Kier alpha value is -2.21. The summed E-state index contributed by atoms with van der Waals surface area (Å²) < 4.78 is 52.3. The summed E-state index contributed by atoms with van der Waals surface area (Å²) in [5, 5.41) is 0. The van der Waals surface area contributed by atoms with E-state index in [4.69, 9.17) is 9.47 Å². The van der Waals surface area contributed by atoms with Gasteiger partial charge < -0.3 is 21.9 Å². The maximum Gasteiger partial charge on any atom is 0.416 e. The molecule has 3 nitrogen and oxygen atoms in total. The van der Waals surface area contributed by atoms with Crippen LogP contribution in [0.2, 0.25) is 0 Å². The average Bonchev–Trinajstić information content (AvgIpc) is 2.72. The zero-order chi connectivity index (χ0) is 21.9. The lowest BCUT2D eigenvalue weighted by atomic mass is 9.89. The van der Waals surface area contributed by atoms with Crippen LogP contribution in [0.1, 0.15) is 56.2 Å². The molecule has 0 fully saturated rings. The van der Waals surface area contributed by atoms with E-state index in [1.54, 1.807) is 26.4 Å². The lowest BCUT2D eigenvalue weighted by Gasteiger charge is -2.25. The molecule has 2 aromatic carbocycles. The number of alkyl halides is 3. The first-order valence-electron chi connectivity index (χ1n) is 10.4. The van der Waals surface area contributed by atoms with Crippen LogP contribution in [0.15, 0.2) is 36.4 Å². The summed E-state index contributed by atoms with van der Waals surface area (Å²) in [6.45, 7) is 4.26. The molecular weight excluding hydrogens is 427 g/mol. The van der Waals surface area contributed by atoms with Gasteiger partial charge in [-0.15, -0.1) is 0 Å². The van der Waals surface area contributed by atoms with Crippen LogP contribution in [-0.2, 0) is 12.6 Å². The van der Waals surface area contributed by atoms with E-state index in [1.165, 1.54) is 5.56 Å². The smallest absolute Gasteiger partial charge is 0.416 e. The van der Waals surface area contributed by atoms with Gasteiger partial charge in [0.2, 0.25) is 5.69 Å². The van der Waals surface area contributed by atoms with Gasteiger partial charge in [-0.25, -0.2) is 0 Å². The molecule has 0 N–H and O–H groups in total. The zero-order valence-corrected chi connectivity index (χ0v) is 19.1. The quantitative estimate of drug-likeness (QED) is 0.471. The van der Waals surface area contributed by atoms with Gasteiger partial charge in [-0.2, -0.15) is 17.7 Å². The van der Waals surface area contributed by atoms with Crippen LogP contribution in [0.25, 0.3) is 0 Å². The largest absolute Gasteiger partial charge is 1.00 e. The van der Waals surface area contributed by atoms with Gasteiger partial charge in [-0.3, -0.25) is 0 Å². The van der Waals surface area contributed by atoms with Crippen molar-refractivity contribution in [3.63, 3.8) is 0 Å². The minimum Gasteiger partial charge on any atom is -1.00 e. The molecular formula is C24H29ClF3NO2. The molecule has 0 radical (unpaired) electrons. The average molecular weight is 456 g/mol. The van der Waals surface area contributed by atoms with Crippen LogP contribution in [-0.4, -0.2) is 30.5 Å². The Labute approximate surface area is 188 Å². The number of rotatable bonds is 7. The molecule has 1 aliphatic rings. The summed E-state index contributed by atoms with van der Waals surface area (Å²) in [5.74, 6) is 1.35. The van der Waals surface area contributed by atoms with Crippen molar-refractivity contribution in [1.82, 2.24) is 0 Å². The molecule has 1 unspecified atom stereocenters. The van der Waals surface area contributed by atoms with Crippen LogP contribution in [0.5, 0.6) is 11.5 Å². The van der Waals surface area contributed by atoms with Gasteiger partial charge in [0, 0.05) is 30.5 Å². The van der Waals surface area contributed by atoms with E-state index >= 15 is 0 Å². The van der Waals surface area contributed by atoms with Crippen LogP contribution in [0, 0.1) is 0 Å². The standard InChI is InChI=1S/C24H29F3NO2.ClH/c1-5-6-7-8-21-20-15-23(30-4)22(29-3)14-17(20)13-16(2)28(21)19-11-9-18(10-12-19)24(25,26)27;/h9-12,14-16H,5-8,13H2,1-4H3;1H/q+1;/p-1. The highest BCUT2D eigenvalue weighted by Gasteiger charge is 2.35. The fourth-order valence-electron chi connectivity index (χ4n) is 4.18.